The molecule has 1 aromatic carbocycles. The SMILES string of the molecule is CCC(C)C(=O)COc1cccc(N(C)C)c1. The van der Waals surface area contributed by atoms with E-state index in [1.54, 1.807) is 0 Å². The van der Waals surface area contributed by atoms with Gasteiger partial charge < -0.3 is 9.64 Å². The summed E-state index contributed by atoms with van der Waals surface area (Å²) in [6.07, 6.45) is 0.861. The quantitative estimate of drug-likeness (QED) is 0.759. The second-order valence-corrected chi connectivity index (χ2v) is 4.46. The smallest absolute Gasteiger partial charge is 0.172 e. The summed E-state index contributed by atoms with van der Waals surface area (Å²) in [5, 5.41) is 0. The average Bonchev–Trinajstić information content (AvgIpc) is 2.35. The molecule has 0 bridgehead atoms. The Balaban J connectivity index is 2.57. The van der Waals surface area contributed by atoms with Gasteiger partial charge in [0.2, 0.25) is 0 Å². The van der Waals surface area contributed by atoms with Gasteiger partial charge in [0.05, 0.1) is 0 Å². The van der Waals surface area contributed by atoms with Gasteiger partial charge in [0.25, 0.3) is 0 Å². The van der Waals surface area contributed by atoms with E-state index in [9.17, 15) is 4.79 Å². The largest absolute Gasteiger partial charge is 0.486 e. The maximum absolute atomic E-state index is 11.6. The Hall–Kier alpha value is -1.51. The highest BCUT2D eigenvalue weighted by Crippen LogP contribution is 2.19. The number of carbonyl (C=O) groups is 1. The standard InChI is InChI=1S/C14H21NO2/c1-5-11(2)14(16)10-17-13-8-6-7-12(9-13)15(3)4/h6-9,11H,5,10H2,1-4H3. The molecule has 0 saturated heterocycles. The minimum Gasteiger partial charge on any atom is -0.486 e. The summed E-state index contributed by atoms with van der Waals surface area (Å²) >= 11 is 0. The van der Waals surface area contributed by atoms with Crippen LogP contribution < -0.4 is 9.64 Å². The van der Waals surface area contributed by atoms with Crippen LogP contribution in [0, 0.1) is 5.92 Å². The van der Waals surface area contributed by atoms with Crippen LogP contribution in [0.3, 0.4) is 0 Å². The van der Waals surface area contributed by atoms with Gasteiger partial charge in [-0.2, -0.15) is 0 Å². The molecule has 0 spiro atoms. The molecule has 0 heterocycles. The van der Waals surface area contributed by atoms with Crippen LogP contribution in [0.15, 0.2) is 24.3 Å². The Labute approximate surface area is 103 Å². The molecular formula is C14H21NO2. The van der Waals surface area contributed by atoms with Gasteiger partial charge in [0, 0.05) is 31.8 Å². The second-order valence-electron chi connectivity index (χ2n) is 4.46. The molecule has 0 N–H and O–H groups in total. The van der Waals surface area contributed by atoms with Gasteiger partial charge in [0.15, 0.2) is 5.78 Å². The van der Waals surface area contributed by atoms with Crippen molar-refractivity contribution in [3.05, 3.63) is 24.3 Å². The summed E-state index contributed by atoms with van der Waals surface area (Å²) < 4.78 is 5.51. The van der Waals surface area contributed by atoms with Gasteiger partial charge in [-0.3, -0.25) is 4.79 Å². The van der Waals surface area contributed by atoms with Crippen LogP contribution in [0.5, 0.6) is 5.75 Å². The van der Waals surface area contributed by atoms with Crippen molar-refractivity contribution in [2.75, 3.05) is 25.6 Å². The number of nitrogens with zero attached hydrogens (tertiary/aromatic N) is 1. The lowest BCUT2D eigenvalue weighted by molar-refractivity contribution is -0.124. The number of rotatable bonds is 6. The molecule has 3 nitrogen and oxygen atoms in total. The molecule has 0 radical (unpaired) electrons. The first-order chi connectivity index (χ1) is 8.04. The van der Waals surface area contributed by atoms with E-state index in [0.29, 0.717) is 0 Å². The fraction of sp³-hybridized carbons (Fsp3) is 0.500. The fourth-order valence-corrected chi connectivity index (χ4v) is 1.38. The molecule has 1 aromatic rings. The Morgan fingerprint density at radius 2 is 2.12 bits per heavy atom. The molecule has 94 valence electrons. The average molecular weight is 235 g/mol. The minimum absolute atomic E-state index is 0.0760. The predicted octanol–water partition coefficient (Wildman–Crippen LogP) is 2.75. The third-order valence-corrected chi connectivity index (χ3v) is 2.88. The van der Waals surface area contributed by atoms with E-state index in [4.69, 9.17) is 4.74 Å². The lowest BCUT2D eigenvalue weighted by atomic mass is 10.1. The van der Waals surface area contributed by atoms with E-state index in [0.717, 1.165) is 17.9 Å². The highest BCUT2D eigenvalue weighted by molar-refractivity contribution is 5.82. The van der Waals surface area contributed by atoms with Crippen molar-refractivity contribution >= 4 is 11.5 Å². The van der Waals surface area contributed by atoms with Gasteiger partial charge in [-0.25, -0.2) is 0 Å². The molecule has 0 aliphatic rings. The first-order valence-electron chi connectivity index (χ1n) is 5.97. The fourth-order valence-electron chi connectivity index (χ4n) is 1.38. The summed E-state index contributed by atoms with van der Waals surface area (Å²) in [6, 6.07) is 7.74. The molecule has 0 aromatic heterocycles. The number of anilines is 1. The maximum atomic E-state index is 11.6. The number of Topliss-reactive ketones (excluding diaryl/α,β-unsaturated/α-hetero) is 1. The summed E-state index contributed by atoms with van der Waals surface area (Å²) in [7, 11) is 3.95. The molecule has 0 saturated carbocycles. The van der Waals surface area contributed by atoms with Crippen LogP contribution >= 0.6 is 0 Å². The molecule has 17 heavy (non-hydrogen) atoms. The van der Waals surface area contributed by atoms with Gasteiger partial charge in [-0.1, -0.05) is 19.9 Å². The Kier molecular flexibility index (Phi) is 5.01. The van der Waals surface area contributed by atoms with Gasteiger partial charge >= 0.3 is 0 Å². The molecule has 1 atom stereocenters. The van der Waals surface area contributed by atoms with Gasteiger partial charge in [-0.15, -0.1) is 0 Å². The molecule has 0 amide bonds. The van der Waals surface area contributed by atoms with E-state index in [2.05, 4.69) is 0 Å². The van der Waals surface area contributed by atoms with Crippen molar-refractivity contribution in [1.82, 2.24) is 0 Å². The third kappa shape index (κ3) is 4.10. The lowest BCUT2D eigenvalue weighted by Gasteiger charge is -2.14. The van der Waals surface area contributed by atoms with Crippen LogP contribution in [0.25, 0.3) is 0 Å². The number of ketones is 1. The van der Waals surface area contributed by atoms with Crippen molar-refractivity contribution in [3.8, 4) is 5.75 Å². The van der Waals surface area contributed by atoms with Crippen molar-refractivity contribution in [3.63, 3.8) is 0 Å². The van der Waals surface area contributed by atoms with Crippen molar-refractivity contribution < 1.29 is 9.53 Å². The number of hydrogen-bond acceptors (Lipinski definition) is 3. The molecule has 0 fully saturated rings. The van der Waals surface area contributed by atoms with E-state index in [1.165, 1.54) is 0 Å². The third-order valence-electron chi connectivity index (χ3n) is 2.88. The maximum Gasteiger partial charge on any atom is 0.172 e. The zero-order chi connectivity index (χ0) is 12.8. The number of hydrogen-bond donors (Lipinski definition) is 0. The first-order valence-corrected chi connectivity index (χ1v) is 5.97. The van der Waals surface area contributed by atoms with Crippen LogP contribution in [-0.4, -0.2) is 26.5 Å². The second kappa shape index (κ2) is 6.28. The summed E-state index contributed by atoms with van der Waals surface area (Å²) in [5.74, 6) is 0.975. The van der Waals surface area contributed by atoms with E-state index in [1.807, 2.05) is 57.1 Å². The van der Waals surface area contributed by atoms with Crippen LogP contribution in [0.4, 0.5) is 5.69 Å². The first kappa shape index (κ1) is 13.6. The van der Waals surface area contributed by atoms with Crippen LogP contribution in [-0.2, 0) is 4.79 Å². The zero-order valence-corrected chi connectivity index (χ0v) is 11.1. The minimum atomic E-state index is 0.0760. The normalized spacial score (nSPS) is 12.0. The van der Waals surface area contributed by atoms with Crippen molar-refractivity contribution in [1.29, 1.82) is 0 Å². The van der Waals surface area contributed by atoms with E-state index < -0.39 is 0 Å². The molecular weight excluding hydrogens is 214 g/mol. The topological polar surface area (TPSA) is 29.5 Å². The lowest BCUT2D eigenvalue weighted by Crippen LogP contribution is -2.18. The van der Waals surface area contributed by atoms with Crippen molar-refractivity contribution in [2.24, 2.45) is 5.92 Å². The summed E-state index contributed by atoms with van der Waals surface area (Å²) in [5.41, 5.74) is 1.07. The number of benzene rings is 1. The highest BCUT2D eigenvalue weighted by atomic mass is 16.5. The van der Waals surface area contributed by atoms with Crippen molar-refractivity contribution in [2.45, 2.75) is 20.3 Å². The van der Waals surface area contributed by atoms with Crippen LogP contribution in [0.1, 0.15) is 20.3 Å². The highest BCUT2D eigenvalue weighted by Gasteiger charge is 2.11. The monoisotopic (exact) mass is 235 g/mol. The Morgan fingerprint density at radius 1 is 1.41 bits per heavy atom. The van der Waals surface area contributed by atoms with Gasteiger partial charge in [0.1, 0.15) is 12.4 Å². The zero-order valence-electron chi connectivity index (χ0n) is 11.1. The number of carbonyl (C=O) groups excluding carboxylic acids is 1. The summed E-state index contributed by atoms with van der Waals surface area (Å²) in [4.78, 5) is 13.6. The Morgan fingerprint density at radius 3 is 2.71 bits per heavy atom. The predicted molar refractivity (Wildman–Crippen MR) is 70.7 cm³/mol. The van der Waals surface area contributed by atoms with Crippen LogP contribution in [0.2, 0.25) is 0 Å². The molecule has 0 aliphatic carbocycles. The molecule has 1 rings (SSSR count). The molecule has 3 heteroatoms. The molecule has 0 aliphatic heterocycles. The Bertz CT molecular complexity index is 374. The summed E-state index contributed by atoms with van der Waals surface area (Å²) in [6.45, 7) is 4.10. The molecule has 1 unspecified atom stereocenters. The number of ether oxygens (including phenoxy) is 1. The van der Waals surface area contributed by atoms with E-state index in [-0.39, 0.29) is 18.3 Å². The van der Waals surface area contributed by atoms with Gasteiger partial charge in [-0.05, 0) is 18.6 Å². The van der Waals surface area contributed by atoms with E-state index >= 15 is 0 Å².